The van der Waals surface area contributed by atoms with Crippen molar-refractivity contribution in [3.63, 3.8) is 0 Å². The zero-order valence-corrected chi connectivity index (χ0v) is 18.5. The van der Waals surface area contributed by atoms with Crippen molar-refractivity contribution in [3.8, 4) is 5.75 Å². The number of rotatable bonds is 3. The third-order valence-corrected chi connectivity index (χ3v) is 7.19. The molecule has 170 valence electrons. The predicted molar refractivity (Wildman–Crippen MR) is 115 cm³/mol. The van der Waals surface area contributed by atoms with Crippen LogP contribution in [0.5, 0.6) is 5.75 Å². The smallest absolute Gasteiger partial charge is 0.202 e. The molecule has 0 aliphatic heterocycles. The van der Waals surface area contributed by atoms with E-state index in [1.54, 1.807) is 25.1 Å². The van der Waals surface area contributed by atoms with Crippen LogP contribution in [-0.4, -0.2) is 68.4 Å². The third kappa shape index (κ3) is 2.72. The van der Waals surface area contributed by atoms with Gasteiger partial charge in [-0.3, -0.25) is 19.3 Å². The van der Waals surface area contributed by atoms with Gasteiger partial charge in [-0.05, 0) is 57.0 Å². The molecule has 1 aromatic rings. The minimum Gasteiger partial charge on any atom is -0.508 e. The normalized spacial score (nSPS) is 29.8. The van der Waals surface area contributed by atoms with Crippen molar-refractivity contribution in [2.75, 3.05) is 14.1 Å². The summed E-state index contributed by atoms with van der Waals surface area (Å²) in [6.07, 6.45) is 0.368. The van der Waals surface area contributed by atoms with Crippen molar-refractivity contribution in [2.24, 2.45) is 11.8 Å². The van der Waals surface area contributed by atoms with Gasteiger partial charge in [0, 0.05) is 17.9 Å². The Morgan fingerprint density at radius 2 is 1.84 bits per heavy atom. The van der Waals surface area contributed by atoms with E-state index >= 15 is 0 Å². The molecule has 4 unspecified atom stereocenters. The second-order valence-electron chi connectivity index (χ2n) is 9.13. The molecule has 0 spiro atoms. The summed E-state index contributed by atoms with van der Waals surface area (Å²) in [5.41, 5.74) is -1.53. The number of hydrogen-bond donors (Lipinski definition) is 4. The van der Waals surface area contributed by atoms with E-state index in [9.17, 15) is 34.8 Å². The van der Waals surface area contributed by atoms with E-state index < -0.39 is 57.9 Å². The molecular weight excluding hydrogens is 414 g/mol. The molecule has 8 heteroatoms. The molecule has 0 bridgehead atoms. The number of Topliss-reactive ketones (excluding diaryl/α,β-unsaturated/α-hetero) is 3. The number of nitrogens with zero attached hydrogens (tertiary/aromatic N) is 1. The molecule has 4 rings (SSSR count). The quantitative estimate of drug-likeness (QED) is 0.521. The summed E-state index contributed by atoms with van der Waals surface area (Å²) in [4.78, 5) is 40.9. The molecule has 4 N–H and O–H groups in total. The Morgan fingerprint density at radius 3 is 2.44 bits per heavy atom. The number of carbonyl (C=O) groups excluding carboxylic acids is 3. The predicted octanol–water partition coefficient (Wildman–Crippen LogP) is 1.77. The molecule has 0 heterocycles. The van der Waals surface area contributed by atoms with E-state index in [1.807, 2.05) is 6.92 Å². The first-order valence-corrected chi connectivity index (χ1v) is 10.7. The van der Waals surface area contributed by atoms with E-state index in [0.29, 0.717) is 12.0 Å². The van der Waals surface area contributed by atoms with Crippen molar-refractivity contribution >= 4 is 23.1 Å². The average molecular weight is 441 g/mol. The first kappa shape index (κ1) is 22.2. The second-order valence-corrected chi connectivity index (χ2v) is 9.13. The summed E-state index contributed by atoms with van der Waals surface area (Å²) >= 11 is 0. The Kier molecular flexibility index (Phi) is 5.06. The number of ketones is 3. The molecule has 0 aromatic heterocycles. The fourth-order valence-electron chi connectivity index (χ4n) is 5.61. The van der Waals surface area contributed by atoms with Gasteiger partial charge in [-0.25, -0.2) is 0 Å². The van der Waals surface area contributed by atoms with E-state index in [0.717, 1.165) is 5.56 Å². The van der Waals surface area contributed by atoms with Crippen LogP contribution in [0.15, 0.2) is 29.0 Å². The molecule has 0 saturated heterocycles. The first-order chi connectivity index (χ1) is 15.0. The second kappa shape index (κ2) is 7.28. The van der Waals surface area contributed by atoms with Gasteiger partial charge < -0.3 is 20.4 Å². The highest BCUT2D eigenvalue weighted by Crippen LogP contribution is 2.52. The van der Waals surface area contributed by atoms with Gasteiger partial charge in [0.25, 0.3) is 0 Å². The Bertz CT molecular complexity index is 1130. The first-order valence-electron chi connectivity index (χ1n) is 10.7. The minimum atomic E-state index is -2.53. The van der Waals surface area contributed by atoms with Gasteiger partial charge in [-0.1, -0.05) is 13.0 Å². The maximum Gasteiger partial charge on any atom is 0.202 e. The van der Waals surface area contributed by atoms with E-state index in [1.165, 1.54) is 13.0 Å². The third-order valence-electron chi connectivity index (χ3n) is 7.19. The molecule has 1 saturated carbocycles. The Labute approximate surface area is 185 Å². The fraction of sp³-hybridized carbons (Fsp3) is 0.458. The van der Waals surface area contributed by atoms with Crippen molar-refractivity contribution in [1.29, 1.82) is 0 Å². The van der Waals surface area contributed by atoms with Gasteiger partial charge in [-0.15, -0.1) is 0 Å². The number of phenols is 1. The van der Waals surface area contributed by atoms with Gasteiger partial charge in [0.2, 0.25) is 5.78 Å². The Hall–Kier alpha value is -2.97. The number of aliphatic hydroxyl groups excluding tert-OH is 2. The summed E-state index contributed by atoms with van der Waals surface area (Å²) in [6.45, 7) is 3.36. The van der Waals surface area contributed by atoms with Crippen molar-refractivity contribution < 1.29 is 34.8 Å². The Morgan fingerprint density at radius 1 is 1.19 bits per heavy atom. The topological polar surface area (TPSA) is 135 Å². The highest BCUT2D eigenvalue weighted by atomic mass is 16.3. The maximum atomic E-state index is 13.7. The molecule has 1 aromatic carbocycles. The molecular formula is C24H27NO7. The largest absolute Gasteiger partial charge is 0.508 e. The number of aromatic hydroxyl groups is 1. The van der Waals surface area contributed by atoms with E-state index in [2.05, 4.69) is 0 Å². The molecule has 4 atom stereocenters. The van der Waals surface area contributed by atoms with E-state index in [4.69, 9.17) is 0 Å². The van der Waals surface area contributed by atoms with Gasteiger partial charge in [0.1, 0.15) is 22.8 Å². The van der Waals surface area contributed by atoms with Crippen molar-refractivity contribution in [3.05, 3.63) is 45.7 Å². The molecule has 0 amide bonds. The van der Waals surface area contributed by atoms with Crippen LogP contribution < -0.4 is 0 Å². The van der Waals surface area contributed by atoms with Crippen LogP contribution in [0.2, 0.25) is 0 Å². The monoisotopic (exact) mass is 441 g/mol. The van der Waals surface area contributed by atoms with Crippen LogP contribution in [0.3, 0.4) is 0 Å². The summed E-state index contributed by atoms with van der Waals surface area (Å²) < 4.78 is 0. The lowest BCUT2D eigenvalue weighted by Crippen LogP contribution is -2.65. The summed E-state index contributed by atoms with van der Waals surface area (Å²) in [7, 11) is 3.23. The minimum absolute atomic E-state index is 0.0860. The summed E-state index contributed by atoms with van der Waals surface area (Å²) in [5, 5.41) is 43.9. The number of carbonyl (C=O) groups is 3. The molecule has 1 fully saturated rings. The molecule has 3 aliphatic rings. The standard InChI is InChI=1S/C24H27NO7/c1-5-14(26)18-21(29)19(25(3)4)13-9-11-8-12-10(2)6-7-15(27)17(12)20(28)16(11)22(30)24(13,32)23(18)31/h6-7,11,13,19,27-28,31-32H,5,8-9H2,1-4H3. The summed E-state index contributed by atoms with van der Waals surface area (Å²) in [6, 6.07) is 2.14. The lowest BCUT2D eigenvalue weighted by molar-refractivity contribution is -0.153. The SMILES string of the molecule is CCC(=O)C1=C(O)C2(O)C(=O)C3=C(O)c4c(O)ccc(C)c4CC3CC2C(N(C)C)C1=O. The summed E-state index contributed by atoms with van der Waals surface area (Å²) in [5.74, 6) is -5.34. The number of phenolic OH excluding ortho intramolecular Hbond substituents is 1. The number of fused-ring (bicyclic) bond motifs is 3. The van der Waals surface area contributed by atoms with Gasteiger partial charge in [0.05, 0.1) is 11.6 Å². The molecule has 8 nitrogen and oxygen atoms in total. The maximum absolute atomic E-state index is 13.7. The average Bonchev–Trinajstić information content (AvgIpc) is 2.73. The number of aliphatic hydroxyl groups is 3. The number of benzene rings is 1. The molecule has 0 radical (unpaired) electrons. The van der Waals surface area contributed by atoms with Crippen molar-refractivity contribution in [2.45, 2.75) is 44.8 Å². The van der Waals surface area contributed by atoms with Crippen LogP contribution in [0.1, 0.15) is 36.5 Å². The van der Waals surface area contributed by atoms with Gasteiger partial charge in [-0.2, -0.15) is 0 Å². The van der Waals surface area contributed by atoms with Crippen LogP contribution in [0.25, 0.3) is 5.76 Å². The van der Waals surface area contributed by atoms with Gasteiger partial charge >= 0.3 is 0 Å². The zero-order chi connectivity index (χ0) is 23.7. The number of aryl methyl sites for hydroxylation is 1. The number of likely N-dealkylation sites (N-methyl/N-ethyl adjacent to an activating group) is 1. The Balaban J connectivity index is 1.99. The lowest BCUT2D eigenvalue weighted by atomic mass is 9.57. The van der Waals surface area contributed by atoms with Gasteiger partial charge in [0.15, 0.2) is 17.2 Å². The van der Waals surface area contributed by atoms with E-state index in [-0.39, 0.29) is 29.7 Å². The lowest BCUT2D eigenvalue weighted by Gasteiger charge is -2.50. The van der Waals surface area contributed by atoms with Crippen LogP contribution >= 0.6 is 0 Å². The molecule has 32 heavy (non-hydrogen) atoms. The highest BCUT2D eigenvalue weighted by molar-refractivity contribution is 6.25. The fourth-order valence-corrected chi connectivity index (χ4v) is 5.61. The number of hydrogen-bond acceptors (Lipinski definition) is 8. The van der Waals surface area contributed by atoms with Crippen molar-refractivity contribution in [1.82, 2.24) is 4.90 Å². The highest BCUT2D eigenvalue weighted by Gasteiger charge is 2.64. The van der Waals surface area contributed by atoms with Crippen LogP contribution in [0.4, 0.5) is 0 Å². The zero-order valence-electron chi connectivity index (χ0n) is 18.5. The van der Waals surface area contributed by atoms with Crippen LogP contribution in [-0.2, 0) is 20.8 Å². The van der Waals surface area contributed by atoms with Crippen LogP contribution in [0, 0.1) is 18.8 Å². The molecule has 3 aliphatic carbocycles.